The van der Waals surface area contributed by atoms with Gasteiger partial charge in [-0.2, -0.15) is 0 Å². The number of nitrogens with zero attached hydrogens (tertiary/aromatic N) is 1. The molecule has 2 amide bonds. The van der Waals surface area contributed by atoms with E-state index in [9.17, 15) is 14.4 Å². The van der Waals surface area contributed by atoms with Gasteiger partial charge in [0.2, 0.25) is 0 Å². The first-order valence-corrected chi connectivity index (χ1v) is 11.6. The lowest BCUT2D eigenvalue weighted by Crippen LogP contribution is -2.47. The number of hydrogen-bond acceptors (Lipinski definition) is 6. The fourth-order valence-corrected chi connectivity index (χ4v) is 3.79. The third kappa shape index (κ3) is 6.87. The molecule has 8 nitrogen and oxygen atoms in total. The minimum atomic E-state index is -0.787. The summed E-state index contributed by atoms with van der Waals surface area (Å²) >= 11 is 6.18. The van der Waals surface area contributed by atoms with E-state index >= 15 is 0 Å². The molecule has 2 aromatic rings. The standard InChI is InChI=1S/C25H29ClN2O6/c1-4-32-25(31)34-20-7-5-18(6-8-20)24(30)27-19-9-11-28(12-10-19)22(29)15-33-21-13-16(2)23(26)17(3)14-21/h5-8,13-14,19H,4,9-12,15H2,1-3H3,(H,27,30). The lowest BCUT2D eigenvalue weighted by Gasteiger charge is -2.32. The molecule has 0 saturated carbocycles. The molecule has 1 aliphatic heterocycles. The normalized spacial score (nSPS) is 13.8. The van der Waals surface area contributed by atoms with Crippen LogP contribution >= 0.6 is 11.6 Å². The summed E-state index contributed by atoms with van der Waals surface area (Å²) < 4.78 is 15.4. The zero-order chi connectivity index (χ0) is 24.7. The van der Waals surface area contributed by atoms with Crippen LogP contribution in [-0.2, 0) is 9.53 Å². The first-order valence-electron chi connectivity index (χ1n) is 11.2. The molecule has 0 spiro atoms. The van der Waals surface area contributed by atoms with Gasteiger partial charge in [0, 0.05) is 29.7 Å². The second kappa shape index (κ2) is 11.7. The van der Waals surface area contributed by atoms with E-state index in [4.69, 9.17) is 25.8 Å². The van der Waals surface area contributed by atoms with Gasteiger partial charge in [-0.25, -0.2) is 4.79 Å². The maximum atomic E-state index is 12.6. The zero-order valence-electron chi connectivity index (χ0n) is 19.6. The summed E-state index contributed by atoms with van der Waals surface area (Å²) in [5.74, 6) is 0.609. The highest BCUT2D eigenvalue weighted by molar-refractivity contribution is 6.32. The second-order valence-corrected chi connectivity index (χ2v) is 8.48. The predicted octanol–water partition coefficient (Wildman–Crippen LogP) is 4.29. The molecule has 0 atom stereocenters. The van der Waals surface area contributed by atoms with Gasteiger partial charge in [0.1, 0.15) is 11.5 Å². The van der Waals surface area contributed by atoms with Crippen molar-refractivity contribution in [3.8, 4) is 11.5 Å². The Morgan fingerprint density at radius 2 is 1.65 bits per heavy atom. The van der Waals surface area contributed by atoms with Gasteiger partial charge in [-0.15, -0.1) is 0 Å². The van der Waals surface area contributed by atoms with Gasteiger partial charge < -0.3 is 24.4 Å². The molecule has 0 bridgehead atoms. The van der Waals surface area contributed by atoms with Crippen molar-refractivity contribution in [2.75, 3.05) is 26.3 Å². The molecule has 1 saturated heterocycles. The Kier molecular flexibility index (Phi) is 8.76. The third-order valence-electron chi connectivity index (χ3n) is 5.54. The molecule has 0 unspecified atom stereocenters. The van der Waals surface area contributed by atoms with Crippen LogP contribution in [0.2, 0.25) is 5.02 Å². The summed E-state index contributed by atoms with van der Waals surface area (Å²) in [6, 6.07) is 9.85. The highest BCUT2D eigenvalue weighted by Gasteiger charge is 2.24. The number of nitrogens with one attached hydrogen (secondary N) is 1. The monoisotopic (exact) mass is 488 g/mol. The topological polar surface area (TPSA) is 94.2 Å². The van der Waals surface area contributed by atoms with Gasteiger partial charge in [-0.3, -0.25) is 9.59 Å². The third-order valence-corrected chi connectivity index (χ3v) is 6.13. The smallest absolute Gasteiger partial charge is 0.484 e. The predicted molar refractivity (Wildman–Crippen MR) is 128 cm³/mol. The first-order chi connectivity index (χ1) is 16.3. The summed E-state index contributed by atoms with van der Waals surface area (Å²) in [7, 11) is 0. The van der Waals surface area contributed by atoms with Crippen molar-refractivity contribution >= 4 is 29.6 Å². The van der Waals surface area contributed by atoms with Crippen molar-refractivity contribution in [3.05, 3.63) is 58.1 Å². The van der Waals surface area contributed by atoms with E-state index in [0.29, 0.717) is 48.0 Å². The highest BCUT2D eigenvalue weighted by Crippen LogP contribution is 2.26. The number of rotatable bonds is 7. The van der Waals surface area contributed by atoms with Gasteiger partial charge in [0.25, 0.3) is 11.8 Å². The minimum Gasteiger partial charge on any atom is -0.484 e. The van der Waals surface area contributed by atoms with Crippen LogP contribution in [0.4, 0.5) is 4.79 Å². The molecular formula is C25H29ClN2O6. The van der Waals surface area contributed by atoms with Crippen LogP contribution in [0.3, 0.4) is 0 Å². The molecular weight excluding hydrogens is 460 g/mol. The number of benzene rings is 2. The molecule has 0 radical (unpaired) electrons. The van der Waals surface area contributed by atoms with E-state index in [1.807, 2.05) is 26.0 Å². The molecule has 2 aromatic carbocycles. The lowest BCUT2D eigenvalue weighted by molar-refractivity contribution is -0.134. The Hall–Kier alpha value is -3.26. The van der Waals surface area contributed by atoms with Gasteiger partial charge in [-0.1, -0.05) is 11.6 Å². The van der Waals surface area contributed by atoms with Crippen molar-refractivity contribution in [3.63, 3.8) is 0 Å². The van der Waals surface area contributed by atoms with Gasteiger partial charge >= 0.3 is 6.16 Å². The average Bonchev–Trinajstić information content (AvgIpc) is 2.82. The Morgan fingerprint density at radius 1 is 1.03 bits per heavy atom. The van der Waals surface area contributed by atoms with Crippen LogP contribution in [-0.4, -0.2) is 55.2 Å². The fourth-order valence-electron chi connectivity index (χ4n) is 3.69. The molecule has 3 rings (SSSR count). The van der Waals surface area contributed by atoms with Crippen molar-refractivity contribution in [2.45, 2.75) is 39.7 Å². The van der Waals surface area contributed by atoms with Crippen LogP contribution in [0.15, 0.2) is 36.4 Å². The molecule has 1 N–H and O–H groups in total. The Morgan fingerprint density at radius 3 is 2.24 bits per heavy atom. The van der Waals surface area contributed by atoms with Crippen LogP contribution in [0.25, 0.3) is 0 Å². The SMILES string of the molecule is CCOC(=O)Oc1ccc(C(=O)NC2CCN(C(=O)COc3cc(C)c(Cl)c(C)c3)CC2)cc1. The van der Waals surface area contributed by atoms with E-state index < -0.39 is 6.16 Å². The Labute approximate surface area is 204 Å². The van der Waals surface area contributed by atoms with E-state index in [0.717, 1.165) is 11.1 Å². The lowest BCUT2D eigenvalue weighted by atomic mass is 10.0. The van der Waals surface area contributed by atoms with Crippen molar-refractivity contribution in [1.82, 2.24) is 10.2 Å². The second-order valence-electron chi connectivity index (χ2n) is 8.10. The average molecular weight is 489 g/mol. The van der Waals surface area contributed by atoms with Crippen LogP contribution in [0, 0.1) is 13.8 Å². The van der Waals surface area contributed by atoms with E-state index in [1.165, 1.54) is 12.1 Å². The van der Waals surface area contributed by atoms with E-state index in [-0.39, 0.29) is 31.1 Å². The Bertz CT molecular complexity index is 1010. The number of halogens is 1. The largest absolute Gasteiger partial charge is 0.513 e. The van der Waals surface area contributed by atoms with E-state index in [2.05, 4.69) is 5.32 Å². The minimum absolute atomic E-state index is 0.0329. The molecule has 1 aliphatic rings. The summed E-state index contributed by atoms with van der Waals surface area (Å²) in [6.45, 7) is 6.74. The van der Waals surface area contributed by atoms with Crippen molar-refractivity contribution in [1.29, 1.82) is 0 Å². The summed E-state index contributed by atoms with van der Waals surface area (Å²) in [5.41, 5.74) is 2.26. The fraction of sp³-hybridized carbons (Fsp3) is 0.400. The summed E-state index contributed by atoms with van der Waals surface area (Å²) in [5, 5.41) is 3.70. The van der Waals surface area contributed by atoms with Gasteiger partial charge in [0.05, 0.1) is 6.61 Å². The molecule has 1 fully saturated rings. The number of amides is 2. The van der Waals surface area contributed by atoms with Crippen LogP contribution < -0.4 is 14.8 Å². The summed E-state index contributed by atoms with van der Waals surface area (Å²) in [6.07, 6.45) is 0.520. The first kappa shape index (κ1) is 25.4. The number of carbonyl (C=O) groups excluding carboxylic acids is 3. The summed E-state index contributed by atoms with van der Waals surface area (Å²) in [4.78, 5) is 38.2. The van der Waals surface area contributed by atoms with Gasteiger partial charge in [0.15, 0.2) is 6.61 Å². The quantitative estimate of drug-likeness (QED) is 0.461. The highest BCUT2D eigenvalue weighted by atomic mass is 35.5. The number of aryl methyl sites for hydroxylation is 2. The number of hydrogen-bond donors (Lipinski definition) is 1. The van der Waals surface area contributed by atoms with Crippen LogP contribution in [0.1, 0.15) is 41.3 Å². The van der Waals surface area contributed by atoms with E-state index in [1.54, 1.807) is 24.0 Å². The van der Waals surface area contributed by atoms with Crippen LogP contribution in [0.5, 0.6) is 11.5 Å². The number of likely N-dealkylation sites (tertiary alicyclic amines) is 1. The molecule has 182 valence electrons. The molecule has 34 heavy (non-hydrogen) atoms. The molecule has 9 heteroatoms. The van der Waals surface area contributed by atoms with Crippen molar-refractivity contribution in [2.24, 2.45) is 0 Å². The molecule has 1 heterocycles. The van der Waals surface area contributed by atoms with Gasteiger partial charge in [-0.05, 0) is 81.1 Å². The molecule has 0 aliphatic carbocycles. The zero-order valence-corrected chi connectivity index (χ0v) is 20.3. The number of piperidine rings is 1. The Balaban J connectivity index is 1.43. The number of carbonyl (C=O) groups is 3. The van der Waals surface area contributed by atoms with Crippen molar-refractivity contribution < 1.29 is 28.6 Å². The number of ether oxygens (including phenoxy) is 3. The maximum Gasteiger partial charge on any atom is 0.513 e. The maximum absolute atomic E-state index is 12.6. The molecule has 0 aromatic heterocycles.